The molecule has 5 N–H and O–H groups in total. The van der Waals surface area contributed by atoms with Crippen LogP contribution in [0, 0.1) is 0 Å². The summed E-state index contributed by atoms with van der Waals surface area (Å²) in [5, 5.41) is 16.8. The lowest BCUT2D eigenvalue weighted by molar-refractivity contribution is 0.000693. The van der Waals surface area contributed by atoms with Gasteiger partial charge in [-0.1, -0.05) is 0 Å². The van der Waals surface area contributed by atoms with Gasteiger partial charge >= 0.3 is 10.4 Å². The van der Waals surface area contributed by atoms with E-state index in [0.29, 0.717) is 0 Å². The molecule has 0 aliphatic rings. The first-order valence-corrected chi connectivity index (χ1v) is 3.93. The Bertz CT molecular complexity index is 200. The van der Waals surface area contributed by atoms with Gasteiger partial charge in [0, 0.05) is 0 Å². The smallest absolute Gasteiger partial charge is 0.394 e. The first kappa shape index (κ1) is 10.8. The van der Waals surface area contributed by atoms with Gasteiger partial charge in [-0.15, -0.1) is 0 Å². The monoisotopic (exact) mass is 187 g/mol. The van der Waals surface area contributed by atoms with Crippen LogP contribution in [0.3, 0.4) is 0 Å². The maximum absolute atomic E-state index is 9.92. The van der Waals surface area contributed by atoms with E-state index in [0.717, 1.165) is 0 Å². The van der Waals surface area contributed by atoms with E-state index in [9.17, 15) is 8.42 Å². The van der Waals surface area contributed by atoms with Gasteiger partial charge in [-0.2, -0.15) is 8.42 Å². The summed E-state index contributed by atoms with van der Waals surface area (Å²) in [6.07, 6.45) is -3.20. The molecule has 0 radical (unpaired) electrons. The van der Waals surface area contributed by atoms with Crippen molar-refractivity contribution in [2.45, 2.75) is 12.3 Å². The molecule has 0 aliphatic carbocycles. The SMILES string of the molecule is NC(OS(=O)(=O)O)C(O)CO. The second kappa shape index (κ2) is 3.95. The zero-order valence-corrected chi connectivity index (χ0v) is 6.23. The highest BCUT2D eigenvalue weighted by atomic mass is 32.3. The minimum Gasteiger partial charge on any atom is -0.394 e. The Morgan fingerprint density at radius 2 is 2.00 bits per heavy atom. The van der Waals surface area contributed by atoms with Crippen molar-refractivity contribution in [2.75, 3.05) is 6.61 Å². The average molecular weight is 187 g/mol. The molecule has 11 heavy (non-hydrogen) atoms. The molecule has 0 rings (SSSR count). The predicted octanol–water partition coefficient (Wildman–Crippen LogP) is -2.56. The predicted molar refractivity (Wildman–Crippen MR) is 33.7 cm³/mol. The van der Waals surface area contributed by atoms with E-state index in [4.69, 9.17) is 20.5 Å². The maximum Gasteiger partial charge on any atom is 0.398 e. The van der Waals surface area contributed by atoms with Gasteiger partial charge in [0.1, 0.15) is 6.10 Å². The van der Waals surface area contributed by atoms with Crippen LogP contribution < -0.4 is 5.73 Å². The van der Waals surface area contributed by atoms with Crippen LogP contribution in [0.5, 0.6) is 0 Å². The molecular weight excluding hydrogens is 178 g/mol. The zero-order chi connectivity index (χ0) is 9.07. The summed E-state index contributed by atoms with van der Waals surface area (Å²) in [5.74, 6) is 0. The molecule has 0 aliphatic heterocycles. The van der Waals surface area contributed by atoms with Crippen molar-refractivity contribution in [1.82, 2.24) is 0 Å². The van der Waals surface area contributed by atoms with E-state index in [2.05, 4.69) is 4.18 Å². The van der Waals surface area contributed by atoms with Crippen LogP contribution in [0.1, 0.15) is 0 Å². The van der Waals surface area contributed by atoms with Crippen molar-refractivity contribution in [3.8, 4) is 0 Å². The zero-order valence-electron chi connectivity index (χ0n) is 5.41. The Balaban J connectivity index is 3.98. The van der Waals surface area contributed by atoms with E-state index in [1.165, 1.54) is 0 Å². The van der Waals surface area contributed by atoms with Crippen molar-refractivity contribution in [3.05, 3.63) is 0 Å². The molecule has 0 heterocycles. The lowest BCUT2D eigenvalue weighted by Crippen LogP contribution is -2.40. The molecule has 68 valence electrons. The summed E-state index contributed by atoms with van der Waals surface area (Å²) < 4.78 is 31.5. The topological polar surface area (TPSA) is 130 Å². The summed E-state index contributed by atoms with van der Waals surface area (Å²) in [6.45, 7) is -0.753. The molecule has 0 saturated carbocycles. The fraction of sp³-hybridized carbons (Fsp3) is 1.00. The van der Waals surface area contributed by atoms with Crippen LogP contribution in [0.2, 0.25) is 0 Å². The lowest BCUT2D eigenvalue weighted by Gasteiger charge is -2.13. The van der Waals surface area contributed by atoms with Crippen molar-refractivity contribution < 1.29 is 27.4 Å². The highest BCUT2D eigenvalue weighted by Gasteiger charge is 2.19. The van der Waals surface area contributed by atoms with Crippen molar-refractivity contribution >= 4 is 10.4 Å². The van der Waals surface area contributed by atoms with E-state index in [1.54, 1.807) is 0 Å². The third-order valence-corrected chi connectivity index (χ3v) is 1.26. The number of rotatable bonds is 4. The number of aliphatic hydroxyl groups is 2. The van der Waals surface area contributed by atoms with Gasteiger partial charge in [-0.05, 0) is 0 Å². The summed E-state index contributed by atoms with van der Waals surface area (Å²) >= 11 is 0. The van der Waals surface area contributed by atoms with Gasteiger partial charge in [0.25, 0.3) is 0 Å². The molecule has 0 aromatic heterocycles. The molecule has 0 amide bonds. The summed E-state index contributed by atoms with van der Waals surface area (Å²) in [6, 6.07) is 0. The third-order valence-electron chi connectivity index (χ3n) is 0.799. The number of hydrogen-bond donors (Lipinski definition) is 4. The Morgan fingerprint density at radius 3 is 2.27 bits per heavy atom. The number of aliphatic hydroxyl groups excluding tert-OH is 2. The van der Waals surface area contributed by atoms with Crippen LogP contribution in [-0.4, -0.2) is 42.1 Å². The highest BCUT2D eigenvalue weighted by Crippen LogP contribution is 1.95. The highest BCUT2D eigenvalue weighted by molar-refractivity contribution is 7.80. The first-order valence-electron chi connectivity index (χ1n) is 2.57. The fourth-order valence-corrected chi connectivity index (χ4v) is 0.718. The Hall–Kier alpha value is -0.250. The second-order valence-electron chi connectivity index (χ2n) is 1.74. The van der Waals surface area contributed by atoms with Crippen molar-refractivity contribution in [1.29, 1.82) is 0 Å². The number of nitrogens with two attached hydrogens (primary N) is 1. The molecule has 7 nitrogen and oxygen atoms in total. The van der Waals surface area contributed by atoms with Crippen LogP contribution in [-0.2, 0) is 14.6 Å². The minimum absolute atomic E-state index is 0.753. The van der Waals surface area contributed by atoms with Gasteiger partial charge in [0.15, 0.2) is 6.23 Å². The second-order valence-corrected chi connectivity index (χ2v) is 2.79. The van der Waals surface area contributed by atoms with Crippen LogP contribution in [0.25, 0.3) is 0 Å². The first-order chi connectivity index (χ1) is 4.87. The Morgan fingerprint density at radius 1 is 1.55 bits per heavy atom. The molecule has 0 aromatic rings. The molecular formula is C3H9NO6S. The van der Waals surface area contributed by atoms with E-state index >= 15 is 0 Å². The maximum atomic E-state index is 9.92. The summed E-state index contributed by atoms with van der Waals surface area (Å²) in [7, 11) is -4.67. The Kier molecular flexibility index (Phi) is 3.86. The van der Waals surface area contributed by atoms with Gasteiger partial charge in [0.2, 0.25) is 0 Å². The Labute approximate surface area is 63.3 Å². The van der Waals surface area contributed by atoms with E-state index < -0.39 is 29.3 Å². The minimum atomic E-state index is -4.67. The van der Waals surface area contributed by atoms with Gasteiger partial charge in [-0.25, -0.2) is 4.18 Å². The molecule has 0 spiro atoms. The average Bonchev–Trinajstić information content (AvgIpc) is 1.82. The van der Waals surface area contributed by atoms with Crippen LogP contribution in [0.4, 0.5) is 0 Å². The molecule has 0 bridgehead atoms. The molecule has 0 saturated heterocycles. The van der Waals surface area contributed by atoms with E-state index in [1.807, 2.05) is 0 Å². The summed E-state index contributed by atoms with van der Waals surface area (Å²) in [5.41, 5.74) is 4.84. The quantitative estimate of drug-likeness (QED) is 0.281. The van der Waals surface area contributed by atoms with Gasteiger partial charge in [-0.3, -0.25) is 4.55 Å². The normalized spacial score (nSPS) is 17.8. The standard InChI is InChI=1S/C3H9NO6S/c4-3(2(6)1-5)10-11(7,8)9/h2-3,5-6H,1,4H2,(H,7,8,9). The lowest BCUT2D eigenvalue weighted by atomic mass is 10.3. The molecule has 2 unspecified atom stereocenters. The fourth-order valence-electron chi connectivity index (χ4n) is 0.308. The third kappa shape index (κ3) is 5.07. The van der Waals surface area contributed by atoms with E-state index in [-0.39, 0.29) is 0 Å². The van der Waals surface area contributed by atoms with Crippen molar-refractivity contribution in [3.63, 3.8) is 0 Å². The largest absolute Gasteiger partial charge is 0.398 e. The number of hydrogen-bond acceptors (Lipinski definition) is 6. The molecule has 0 fully saturated rings. The molecule has 8 heteroatoms. The van der Waals surface area contributed by atoms with Crippen molar-refractivity contribution in [2.24, 2.45) is 5.73 Å². The molecule has 2 atom stereocenters. The van der Waals surface area contributed by atoms with Crippen LogP contribution in [0.15, 0.2) is 0 Å². The van der Waals surface area contributed by atoms with Crippen LogP contribution >= 0.6 is 0 Å². The molecule has 0 aromatic carbocycles. The van der Waals surface area contributed by atoms with Gasteiger partial charge in [0.05, 0.1) is 6.61 Å². The van der Waals surface area contributed by atoms with Gasteiger partial charge < -0.3 is 15.9 Å². The summed E-state index contributed by atoms with van der Waals surface area (Å²) in [4.78, 5) is 0.